The molecule has 2 amide bonds. The first-order valence-corrected chi connectivity index (χ1v) is 11.1. The van der Waals surface area contributed by atoms with E-state index in [0.717, 1.165) is 12.8 Å². The third kappa shape index (κ3) is 3.84. The van der Waals surface area contributed by atoms with E-state index in [1.807, 2.05) is 11.0 Å². The molecule has 0 saturated carbocycles. The summed E-state index contributed by atoms with van der Waals surface area (Å²) in [6.45, 7) is 1.59. The van der Waals surface area contributed by atoms with Crippen molar-refractivity contribution in [3.63, 3.8) is 0 Å². The van der Waals surface area contributed by atoms with Crippen LogP contribution in [-0.4, -0.2) is 62.9 Å². The summed E-state index contributed by atoms with van der Waals surface area (Å²) in [6, 6.07) is 1.41. The zero-order valence-electron chi connectivity index (χ0n) is 15.0. The van der Waals surface area contributed by atoms with Crippen LogP contribution in [0, 0.1) is 5.92 Å². The number of rotatable bonds is 2. The highest BCUT2D eigenvalue weighted by atomic mass is 32.2. The van der Waals surface area contributed by atoms with Crippen molar-refractivity contribution in [2.24, 2.45) is 10.3 Å². The van der Waals surface area contributed by atoms with Gasteiger partial charge in [0.05, 0.1) is 34.1 Å². The molecule has 0 N–H and O–H groups in total. The van der Waals surface area contributed by atoms with Crippen LogP contribution < -0.4 is 0 Å². The van der Waals surface area contributed by atoms with Crippen LogP contribution in [-0.2, 0) is 19.3 Å². The predicted molar refractivity (Wildman–Crippen MR) is 97.5 cm³/mol. The first kappa shape index (κ1) is 18.4. The molecule has 1 spiro atoms. The first-order chi connectivity index (χ1) is 13.0. The number of hydrogen-bond acceptors (Lipinski definition) is 6. The van der Waals surface area contributed by atoms with Crippen molar-refractivity contribution in [3.8, 4) is 0 Å². The Kier molecular flexibility index (Phi) is 4.90. The van der Waals surface area contributed by atoms with Crippen LogP contribution in [0.2, 0.25) is 0 Å². The molecule has 4 rings (SSSR count). The van der Waals surface area contributed by atoms with Gasteiger partial charge < -0.3 is 14.2 Å². The number of allylic oxidation sites excluding steroid dienone is 1. The summed E-state index contributed by atoms with van der Waals surface area (Å²) >= 11 is 0. The molecule has 27 heavy (non-hydrogen) atoms. The maximum Gasteiger partial charge on any atom is 0.323 e. The van der Waals surface area contributed by atoms with Gasteiger partial charge in [-0.05, 0) is 25.7 Å². The number of hydrogen-bond donors (Lipinski definition) is 0. The van der Waals surface area contributed by atoms with Crippen LogP contribution in [0.25, 0.3) is 0 Å². The SMILES string of the molecule is O=C(N=S1(=O)CCC2(CC1)CN(C(=O)C1C=CCC1)CCO2)c1ccno1. The van der Waals surface area contributed by atoms with Crippen molar-refractivity contribution in [3.05, 3.63) is 30.2 Å². The van der Waals surface area contributed by atoms with Crippen LogP contribution in [0.15, 0.2) is 33.3 Å². The van der Waals surface area contributed by atoms with Crippen molar-refractivity contribution >= 4 is 21.5 Å². The molecular formula is C18H23N3O5S. The van der Waals surface area contributed by atoms with Gasteiger partial charge in [-0.25, -0.2) is 4.21 Å². The smallest absolute Gasteiger partial charge is 0.323 e. The Balaban J connectivity index is 1.43. The van der Waals surface area contributed by atoms with E-state index in [4.69, 9.17) is 9.26 Å². The summed E-state index contributed by atoms with van der Waals surface area (Å²) < 4.78 is 27.7. The van der Waals surface area contributed by atoms with Gasteiger partial charge in [0.15, 0.2) is 0 Å². The molecule has 8 nitrogen and oxygen atoms in total. The molecule has 9 heteroatoms. The second-order valence-corrected chi connectivity index (χ2v) is 9.90. The van der Waals surface area contributed by atoms with Crippen LogP contribution in [0.3, 0.4) is 0 Å². The fourth-order valence-electron chi connectivity index (χ4n) is 3.94. The van der Waals surface area contributed by atoms with Gasteiger partial charge in [-0.2, -0.15) is 4.36 Å². The fourth-order valence-corrected chi connectivity index (χ4v) is 6.10. The highest BCUT2D eigenvalue weighted by molar-refractivity contribution is 7.93. The summed E-state index contributed by atoms with van der Waals surface area (Å²) in [5.41, 5.74) is -0.484. The molecule has 1 aromatic heterocycles. The lowest BCUT2D eigenvalue weighted by Gasteiger charge is -2.45. The van der Waals surface area contributed by atoms with E-state index < -0.39 is 21.2 Å². The number of nitrogens with zero attached hydrogens (tertiary/aromatic N) is 3. The Morgan fingerprint density at radius 3 is 2.81 bits per heavy atom. The van der Waals surface area contributed by atoms with Crippen molar-refractivity contribution in [1.82, 2.24) is 10.1 Å². The quantitative estimate of drug-likeness (QED) is 0.708. The van der Waals surface area contributed by atoms with E-state index in [1.54, 1.807) is 0 Å². The molecule has 0 radical (unpaired) electrons. The van der Waals surface area contributed by atoms with E-state index in [-0.39, 0.29) is 29.1 Å². The van der Waals surface area contributed by atoms with Crippen molar-refractivity contribution in [1.29, 1.82) is 0 Å². The van der Waals surface area contributed by atoms with Crippen molar-refractivity contribution in [2.45, 2.75) is 31.3 Å². The number of carbonyl (C=O) groups excluding carboxylic acids is 2. The Hall–Kier alpha value is -2.00. The van der Waals surface area contributed by atoms with Gasteiger partial charge in [-0.3, -0.25) is 9.59 Å². The lowest BCUT2D eigenvalue weighted by molar-refractivity contribution is -0.154. The summed E-state index contributed by atoms with van der Waals surface area (Å²) in [4.78, 5) is 26.7. The lowest BCUT2D eigenvalue weighted by Crippen LogP contribution is -2.57. The lowest BCUT2D eigenvalue weighted by atomic mass is 9.93. The molecule has 3 aliphatic rings. The molecule has 2 fully saturated rings. The minimum atomic E-state index is -2.65. The largest absolute Gasteiger partial charge is 0.371 e. The highest BCUT2D eigenvalue weighted by Crippen LogP contribution is 2.33. The van der Waals surface area contributed by atoms with Crippen molar-refractivity contribution in [2.75, 3.05) is 31.2 Å². The van der Waals surface area contributed by atoms with Gasteiger partial charge in [-0.1, -0.05) is 17.3 Å². The minimum Gasteiger partial charge on any atom is -0.371 e. The zero-order chi connectivity index (χ0) is 18.9. The van der Waals surface area contributed by atoms with E-state index in [0.29, 0.717) is 32.5 Å². The number of amides is 2. The molecule has 2 saturated heterocycles. The van der Waals surface area contributed by atoms with Crippen LogP contribution >= 0.6 is 0 Å². The van der Waals surface area contributed by atoms with Gasteiger partial charge in [0, 0.05) is 30.7 Å². The normalized spacial score (nSPS) is 33.3. The number of morpholine rings is 1. The third-order valence-electron chi connectivity index (χ3n) is 5.54. The first-order valence-electron chi connectivity index (χ1n) is 9.26. The second kappa shape index (κ2) is 7.20. The third-order valence-corrected chi connectivity index (χ3v) is 7.72. The molecular weight excluding hydrogens is 370 g/mol. The Morgan fingerprint density at radius 2 is 2.15 bits per heavy atom. The predicted octanol–water partition coefficient (Wildman–Crippen LogP) is 1.64. The topological polar surface area (TPSA) is 102 Å². The van der Waals surface area contributed by atoms with Crippen LogP contribution in [0.5, 0.6) is 0 Å². The summed E-state index contributed by atoms with van der Waals surface area (Å²) in [6.07, 6.45) is 8.26. The molecule has 2 aliphatic heterocycles. The van der Waals surface area contributed by atoms with Crippen LogP contribution in [0.1, 0.15) is 36.2 Å². The second-order valence-electron chi connectivity index (χ2n) is 7.36. The summed E-state index contributed by atoms with van der Waals surface area (Å²) in [5, 5.41) is 3.47. The van der Waals surface area contributed by atoms with Gasteiger partial charge in [0.2, 0.25) is 11.7 Å². The number of carbonyl (C=O) groups is 2. The fraction of sp³-hybridized carbons (Fsp3) is 0.611. The number of ether oxygens (including phenoxy) is 1. The molecule has 1 unspecified atom stereocenters. The summed E-state index contributed by atoms with van der Waals surface area (Å²) in [7, 11) is -2.65. The van der Waals surface area contributed by atoms with E-state index >= 15 is 0 Å². The van der Waals surface area contributed by atoms with Gasteiger partial charge in [0.25, 0.3) is 0 Å². The highest BCUT2D eigenvalue weighted by Gasteiger charge is 2.43. The monoisotopic (exact) mass is 393 g/mol. The molecule has 0 bridgehead atoms. The van der Waals surface area contributed by atoms with E-state index in [9.17, 15) is 13.8 Å². The summed E-state index contributed by atoms with van der Waals surface area (Å²) in [5.74, 6) is 0.0396. The Morgan fingerprint density at radius 1 is 1.33 bits per heavy atom. The van der Waals surface area contributed by atoms with E-state index in [2.05, 4.69) is 15.6 Å². The maximum atomic E-state index is 13.0. The van der Waals surface area contributed by atoms with Crippen molar-refractivity contribution < 1.29 is 23.1 Å². The molecule has 1 aliphatic carbocycles. The van der Waals surface area contributed by atoms with Crippen LogP contribution in [0.4, 0.5) is 0 Å². The van der Waals surface area contributed by atoms with E-state index in [1.165, 1.54) is 12.3 Å². The molecule has 146 valence electrons. The van der Waals surface area contributed by atoms with Gasteiger partial charge in [-0.15, -0.1) is 0 Å². The zero-order valence-corrected chi connectivity index (χ0v) is 15.9. The maximum absolute atomic E-state index is 13.0. The standard InChI is InChI=1S/C18H23N3O5S/c22-16(15-5-8-19-26-15)20-27(24)11-6-18(7-12-27)13-21(9-10-25-18)17(23)14-3-1-2-4-14/h1,3,5,8,14H,2,4,6-7,9-13H2. The average Bonchev–Trinajstić information content (AvgIpc) is 3.38. The molecule has 0 aromatic carbocycles. The molecule has 3 heterocycles. The van der Waals surface area contributed by atoms with Gasteiger partial charge in [0.1, 0.15) is 0 Å². The molecule has 1 aromatic rings. The van der Waals surface area contributed by atoms with Gasteiger partial charge >= 0.3 is 5.91 Å². The average molecular weight is 393 g/mol. The number of aromatic nitrogens is 1. The Bertz CT molecular complexity index is 856. The Labute approximate surface area is 158 Å². The molecule has 1 atom stereocenters. The minimum absolute atomic E-state index is 0.00619.